The molecule has 0 saturated heterocycles. The van der Waals surface area contributed by atoms with Crippen LogP contribution in [0, 0.1) is 0 Å². The van der Waals surface area contributed by atoms with Gasteiger partial charge in [-0.15, -0.1) is 0 Å². The van der Waals surface area contributed by atoms with Gasteiger partial charge in [0.05, 0.1) is 0 Å². The van der Waals surface area contributed by atoms with Gasteiger partial charge in [0.2, 0.25) is 0 Å². The minimum atomic E-state index is -0.433. The Morgan fingerprint density at radius 2 is 1.62 bits per heavy atom. The average Bonchev–Trinajstić information content (AvgIpc) is 3.09. The maximum Gasteiger partial charge on any atom is 0.407 e. The standard InChI is InChI=1S/C28H29NO3/c1-28(2,3)25-17-19(14-15-26(25)30)9-8-16-29-27(31)32-18-24-22-12-6-4-10-20(22)21-11-5-7-13-23(21)24/h4-15,17,24,30H,16,18H2,1-3H3,(H,29,31). The number of phenols is 1. The van der Waals surface area contributed by atoms with Crippen LogP contribution in [0.25, 0.3) is 17.2 Å². The smallest absolute Gasteiger partial charge is 0.407 e. The van der Waals surface area contributed by atoms with Crippen LogP contribution in [0.5, 0.6) is 5.75 Å². The van der Waals surface area contributed by atoms with E-state index in [0.717, 1.165) is 11.1 Å². The number of hydrogen-bond donors (Lipinski definition) is 2. The SMILES string of the molecule is CC(C)(C)c1cc(C=CCNC(=O)OCC2c3ccccc3-c3ccccc32)ccc1O. The fraction of sp³-hybridized carbons (Fsp3) is 0.250. The highest BCUT2D eigenvalue weighted by molar-refractivity contribution is 5.79. The Balaban J connectivity index is 1.33. The van der Waals surface area contributed by atoms with E-state index in [1.165, 1.54) is 22.3 Å². The molecule has 4 heteroatoms. The number of amides is 1. The maximum atomic E-state index is 12.3. The third kappa shape index (κ3) is 4.54. The number of rotatable bonds is 5. The van der Waals surface area contributed by atoms with Crippen molar-refractivity contribution in [1.82, 2.24) is 5.32 Å². The monoisotopic (exact) mass is 427 g/mol. The Hall–Kier alpha value is -3.53. The molecule has 0 saturated carbocycles. The summed E-state index contributed by atoms with van der Waals surface area (Å²) in [6, 6.07) is 22.1. The second-order valence-electron chi connectivity index (χ2n) is 9.14. The van der Waals surface area contributed by atoms with Gasteiger partial charge in [-0.1, -0.05) is 87.5 Å². The van der Waals surface area contributed by atoms with Crippen LogP contribution in [0.2, 0.25) is 0 Å². The van der Waals surface area contributed by atoms with Crippen LogP contribution >= 0.6 is 0 Å². The number of hydrogen-bond acceptors (Lipinski definition) is 3. The quantitative estimate of drug-likeness (QED) is 0.507. The molecule has 2 N–H and O–H groups in total. The molecule has 1 aliphatic rings. The van der Waals surface area contributed by atoms with Crippen molar-refractivity contribution in [2.75, 3.05) is 13.2 Å². The summed E-state index contributed by atoms with van der Waals surface area (Å²) in [5.74, 6) is 0.350. The molecule has 4 nitrogen and oxygen atoms in total. The highest BCUT2D eigenvalue weighted by Gasteiger charge is 2.28. The molecule has 0 aromatic heterocycles. The van der Waals surface area contributed by atoms with E-state index in [2.05, 4.69) is 50.4 Å². The minimum Gasteiger partial charge on any atom is -0.508 e. The van der Waals surface area contributed by atoms with Crippen LogP contribution < -0.4 is 5.32 Å². The molecule has 164 valence electrons. The van der Waals surface area contributed by atoms with Crippen molar-refractivity contribution in [3.63, 3.8) is 0 Å². The number of carbonyl (C=O) groups is 1. The fourth-order valence-electron chi connectivity index (χ4n) is 4.24. The molecule has 0 radical (unpaired) electrons. The molecule has 0 spiro atoms. The average molecular weight is 428 g/mol. The summed E-state index contributed by atoms with van der Waals surface area (Å²) >= 11 is 0. The van der Waals surface area contributed by atoms with E-state index in [1.54, 1.807) is 6.07 Å². The first kappa shape index (κ1) is 21.7. The van der Waals surface area contributed by atoms with Crippen molar-refractivity contribution in [2.45, 2.75) is 32.1 Å². The lowest BCUT2D eigenvalue weighted by Crippen LogP contribution is -2.26. The first-order chi connectivity index (χ1) is 15.3. The topological polar surface area (TPSA) is 58.6 Å². The zero-order chi connectivity index (χ0) is 22.7. The zero-order valence-electron chi connectivity index (χ0n) is 18.8. The maximum absolute atomic E-state index is 12.3. The number of benzene rings is 3. The van der Waals surface area contributed by atoms with Crippen molar-refractivity contribution in [2.24, 2.45) is 0 Å². The van der Waals surface area contributed by atoms with E-state index < -0.39 is 6.09 Å². The lowest BCUT2D eigenvalue weighted by Gasteiger charge is -2.20. The third-order valence-electron chi connectivity index (χ3n) is 5.85. The van der Waals surface area contributed by atoms with Crippen molar-refractivity contribution >= 4 is 12.2 Å². The number of alkyl carbamates (subject to hydrolysis) is 1. The van der Waals surface area contributed by atoms with Gasteiger partial charge in [0.15, 0.2) is 0 Å². The molecule has 1 amide bonds. The molecular weight excluding hydrogens is 398 g/mol. The van der Waals surface area contributed by atoms with Crippen molar-refractivity contribution in [3.05, 3.63) is 95.1 Å². The predicted molar refractivity (Wildman–Crippen MR) is 129 cm³/mol. The van der Waals surface area contributed by atoms with E-state index >= 15 is 0 Å². The zero-order valence-corrected chi connectivity index (χ0v) is 18.8. The summed E-state index contributed by atoms with van der Waals surface area (Å²) in [6.07, 6.45) is 3.37. The van der Waals surface area contributed by atoms with Gasteiger partial charge in [-0.3, -0.25) is 0 Å². The Morgan fingerprint density at radius 3 is 2.25 bits per heavy atom. The molecule has 0 heterocycles. The van der Waals surface area contributed by atoms with Crippen LogP contribution in [0.15, 0.2) is 72.8 Å². The van der Waals surface area contributed by atoms with Gasteiger partial charge < -0.3 is 15.2 Å². The second kappa shape index (κ2) is 8.91. The second-order valence-corrected chi connectivity index (χ2v) is 9.14. The molecule has 0 bridgehead atoms. The van der Waals surface area contributed by atoms with E-state index in [1.807, 2.05) is 48.6 Å². The minimum absolute atomic E-state index is 0.0523. The molecular formula is C28H29NO3. The highest BCUT2D eigenvalue weighted by Crippen LogP contribution is 2.44. The summed E-state index contributed by atoms with van der Waals surface area (Å²) in [6.45, 7) is 6.86. The summed E-state index contributed by atoms with van der Waals surface area (Å²) in [4.78, 5) is 12.3. The van der Waals surface area contributed by atoms with Crippen LogP contribution in [-0.2, 0) is 10.2 Å². The van der Waals surface area contributed by atoms with Crippen LogP contribution in [0.4, 0.5) is 4.79 Å². The summed E-state index contributed by atoms with van der Waals surface area (Å²) in [5.41, 5.74) is 6.54. The first-order valence-electron chi connectivity index (χ1n) is 10.9. The summed E-state index contributed by atoms with van der Waals surface area (Å²) in [5, 5.41) is 12.9. The van der Waals surface area contributed by atoms with E-state index in [-0.39, 0.29) is 11.3 Å². The van der Waals surface area contributed by atoms with Gasteiger partial charge in [0, 0.05) is 12.5 Å². The van der Waals surface area contributed by atoms with Crippen molar-refractivity contribution in [3.8, 4) is 16.9 Å². The van der Waals surface area contributed by atoms with Gasteiger partial charge in [-0.25, -0.2) is 4.79 Å². The van der Waals surface area contributed by atoms with Crippen LogP contribution in [-0.4, -0.2) is 24.4 Å². The molecule has 0 fully saturated rings. The number of phenolic OH excluding ortho intramolecular Hbond substituents is 1. The van der Waals surface area contributed by atoms with E-state index in [4.69, 9.17) is 4.74 Å². The number of nitrogens with one attached hydrogen (secondary N) is 1. The van der Waals surface area contributed by atoms with Gasteiger partial charge in [-0.05, 0) is 50.9 Å². The number of aromatic hydroxyl groups is 1. The third-order valence-corrected chi connectivity index (χ3v) is 5.85. The normalized spacial score (nSPS) is 13.1. The molecule has 0 unspecified atom stereocenters. The Bertz CT molecular complexity index is 1110. The van der Waals surface area contributed by atoms with Crippen LogP contribution in [0.1, 0.15) is 48.9 Å². The number of fused-ring (bicyclic) bond motifs is 3. The molecule has 0 atom stereocenters. The molecule has 3 aromatic rings. The van der Waals surface area contributed by atoms with Crippen molar-refractivity contribution in [1.29, 1.82) is 0 Å². The van der Waals surface area contributed by atoms with Gasteiger partial charge in [-0.2, -0.15) is 0 Å². The van der Waals surface area contributed by atoms with Gasteiger partial charge >= 0.3 is 6.09 Å². The van der Waals surface area contributed by atoms with Gasteiger partial charge in [0.25, 0.3) is 0 Å². The highest BCUT2D eigenvalue weighted by atomic mass is 16.5. The Kier molecular flexibility index (Phi) is 6.04. The molecule has 3 aromatic carbocycles. The van der Waals surface area contributed by atoms with E-state index in [9.17, 15) is 9.90 Å². The fourth-order valence-corrected chi connectivity index (χ4v) is 4.24. The lowest BCUT2D eigenvalue weighted by molar-refractivity contribution is 0.144. The largest absolute Gasteiger partial charge is 0.508 e. The first-order valence-corrected chi connectivity index (χ1v) is 10.9. The summed E-state index contributed by atoms with van der Waals surface area (Å²) < 4.78 is 5.55. The Morgan fingerprint density at radius 1 is 1.00 bits per heavy atom. The predicted octanol–water partition coefficient (Wildman–Crippen LogP) is 6.24. The van der Waals surface area contributed by atoms with E-state index in [0.29, 0.717) is 18.9 Å². The van der Waals surface area contributed by atoms with Gasteiger partial charge in [0.1, 0.15) is 12.4 Å². The molecule has 32 heavy (non-hydrogen) atoms. The molecule has 4 rings (SSSR count). The van der Waals surface area contributed by atoms with Crippen LogP contribution in [0.3, 0.4) is 0 Å². The van der Waals surface area contributed by atoms with Crippen molar-refractivity contribution < 1.29 is 14.6 Å². The number of ether oxygens (including phenoxy) is 1. The molecule has 0 aliphatic heterocycles. The molecule has 1 aliphatic carbocycles. The Labute approximate surface area is 189 Å². The number of carbonyl (C=O) groups excluding carboxylic acids is 1. The lowest BCUT2D eigenvalue weighted by atomic mass is 9.85. The summed E-state index contributed by atoms with van der Waals surface area (Å²) in [7, 11) is 0.